The van der Waals surface area contributed by atoms with Crippen molar-refractivity contribution in [1.82, 2.24) is 0 Å². The summed E-state index contributed by atoms with van der Waals surface area (Å²) in [6.07, 6.45) is 0. The monoisotopic (exact) mass is 351 g/mol. The number of carbonyl (C=O) groups is 1. The Bertz CT molecular complexity index is 677. The van der Waals surface area contributed by atoms with Gasteiger partial charge in [-0.2, -0.15) is 0 Å². The number of carbonyl (C=O) groups excluding carboxylic acids is 1. The van der Waals surface area contributed by atoms with Crippen LogP contribution in [0.4, 0.5) is 0 Å². The summed E-state index contributed by atoms with van der Waals surface area (Å²) in [6, 6.07) is 17.7. The van der Waals surface area contributed by atoms with Crippen LogP contribution in [-0.4, -0.2) is 11.0 Å². The van der Waals surface area contributed by atoms with E-state index in [1.54, 1.807) is 30.3 Å². The lowest BCUT2D eigenvalue weighted by Crippen LogP contribution is -2.28. The van der Waals surface area contributed by atoms with Crippen LogP contribution in [0.3, 0.4) is 0 Å². The number of rotatable bonds is 6. The first kappa shape index (κ1) is 17.4. The van der Waals surface area contributed by atoms with Crippen LogP contribution in [0.5, 0.6) is 5.75 Å². The van der Waals surface area contributed by atoms with Gasteiger partial charge in [-0.15, -0.1) is 0 Å². The molecule has 0 N–H and O–H groups in total. The Balaban J connectivity index is 1.96. The van der Waals surface area contributed by atoms with Crippen molar-refractivity contribution < 1.29 is 18.9 Å². The Labute approximate surface area is 140 Å². The summed E-state index contributed by atoms with van der Waals surface area (Å²) >= 11 is 6.01. The van der Waals surface area contributed by atoms with E-state index in [0.29, 0.717) is 5.75 Å². The second-order valence-corrected chi connectivity index (χ2v) is 6.35. The maximum absolute atomic E-state index is 12.0. The molecule has 0 aromatic heterocycles. The minimum Gasteiger partial charge on any atom is -0.575 e. The maximum atomic E-state index is 12.0. The van der Waals surface area contributed by atoms with Crippen LogP contribution in [0.25, 0.3) is 0 Å². The van der Waals surface area contributed by atoms with Crippen molar-refractivity contribution in [2.75, 3.05) is 0 Å². The minimum atomic E-state index is -2.50. The van der Waals surface area contributed by atoms with Crippen LogP contribution in [-0.2, 0) is 16.1 Å². The molecule has 0 bridgehead atoms. The zero-order chi connectivity index (χ0) is 16.7. The highest BCUT2D eigenvalue weighted by Gasteiger charge is 2.36. The van der Waals surface area contributed by atoms with Gasteiger partial charge < -0.3 is 9.63 Å². The fourth-order valence-corrected chi connectivity index (χ4v) is 2.61. The predicted octanol–water partition coefficient (Wildman–Crippen LogP) is 3.62. The number of alkyl halides is 1. The summed E-state index contributed by atoms with van der Waals surface area (Å²) in [5, 5.41) is 0. The fraction of sp³-hybridized carbons (Fsp3) is 0.188. The topological polar surface area (TPSA) is 71.0 Å². The summed E-state index contributed by atoms with van der Waals surface area (Å²) in [4.78, 5) is 22.1. The molecule has 2 atom stereocenters. The highest BCUT2D eigenvalue weighted by atomic mass is 35.5. The molecule has 0 radical (unpaired) electrons. The maximum Gasteiger partial charge on any atom is 0.396 e. The molecular weight excluding hydrogens is 337 g/mol. The van der Waals surface area contributed by atoms with E-state index in [4.69, 9.17) is 20.9 Å². The van der Waals surface area contributed by atoms with Crippen LogP contribution < -0.4 is 9.42 Å². The molecule has 2 aromatic rings. The van der Waals surface area contributed by atoms with Gasteiger partial charge in [0.05, 0.1) is 0 Å². The third kappa shape index (κ3) is 5.64. The van der Waals surface area contributed by atoms with Gasteiger partial charge in [0, 0.05) is 0 Å². The van der Waals surface area contributed by atoms with Crippen LogP contribution in [0, 0.1) is 0 Å². The van der Waals surface area contributed by atoms with E-state index in [1.807, 2.05) is 30.3 Å². The molecule has 0 aliphatic heterocycles. The number of hydrogen-bond acceptors (Lipinski definition) is 5. The van der Waals surface area contributed by atoms with Gasteiger partial charge in [0.2, 0.25) is 0 Å². The smallest absolute Gasteiger partial charge is 0.396 e. The number of esters is 1. The Morgan fingerprint density at radius 3 is 2.35 bits per heavy atom. The number of nitrogens with zero attached hydrogens (tertiary/aromatic N) is 1. The number of para-hydroxylation sites is 1. The number of halogens is 1. The molecule has 0 aliphatic rings. The normalized spacial score (nSPS) is 14.0. The van der Waals surface area contributed by atoms with Gasteiger partial charge in [0.15, 0.2) is 5.75 Å². The van der Waals surface area contributed by atoms with Gasteiger partial charge in [-0.05, 0) is 29.4 Å². The quantitative estimate of drug-likeness (QED) is 0.345. The molecule has 2 aromatic carbocycles. The van der Waals surface area contributed by atoms with E-state index in [0.717, 1.165) is 5.56 Å². The van der Waals surface area contributed by atoms with Gasteiger partial charge in [0.1, 0.15) is 6.61 Å². The van der Waals surface area contributed by atoms with Crippen LogP contribution >= 0.6 is 19.8 Å². The molecule has 0 amide bonds. The predicted molar refractivity (Wildman–Crippen MR) is 86.9 cm³/mol. The Morgan fingerprint density at radius 1 is 1.17 bits per heavy atom. The lowest BCUT2D eigenvalue weighted by molar-refractivity contribution is -0.170. The van der Waals surface area contributed by atoms with Crippen molar-refractivity contribution in [1.29, 1.82) is 0 Å². The van der Waals surface area contributed by atoms with Crippen molar-refractivity contribution in [3.63, 3.8) is 0 Å². The summed E-state index contributed by atoms with van der Waals surface area (Å²) < 4.78 is 13.9. The first-order valence-corrected chi connectivity index (χ1v) is 8.31. The zero-order valence-electron chi connectivity index (χ0n) is 12.4. The van der Waals surface area contributed by atoms with Gasteiger partial charge in [-0.25, -0.2) is 4.79 Å². The molecule has 7 heteroatoms. The SMILES string of the molecule is C[C@](Cl)(N=[P+]([O-])Oc1ccccc1)C(=O)OCc1ccccc1. The van der Waals surface area contributed by atoms with E-state index in [1.165, 1.54) is 6.92 Å². The molecule has 0 aliphatic carbocycles. The molecule has 2 rings (SSSR count). The summed E-state index contributed by atoms with van der Waals surface area (Å²) in [5.74, 6) is -0.412. The Hall–Kier alpha value is -1.94. The molecule has 0 spiro atoms. The molecule has 0 saturated carbocycles. The standard InChI is InChI=1S/C16H15ClNO4P/c1-16(17,15(19)21-12-13-8-4-2-5-9-13)18-23(20)22-14-10-6-3-7-11-14/h2-11H,12H2,1H3/t16-/m0/s1. The van der Waals surface area contributed by atoms with Crippen LogP contribution in [0.1, 0.15) is 12.5 Å². The van der Waals surface area contributed by atoms with Crippen molar-refractivity contribution in [3.8, 4) is 5.75 Å². The first-order chi connectivity index (χ1) is 11.0. The highest BCUT2D eigenvalue weighted by molar-refractivity contribution is 7.34. The van der Waals surface area contributed by atoms with E-state index in [-0.39, 0.29) is 6.61 Å². The second-order valence-electron chi connectivity index (χ2n) is 4.76. The highest BCUT2D eigenvalue weighted by Crippen LogP contribution is 2.30. The van der Waals surface area contributed by atoms with Gasteiger partial charge >= 0.3 is 14.1 Å². The zero-order valence-corrected chi connectivity index (χ0v) is 14.0. The van der Waals surface area contributed by atoms with Gasteiger partial charge in [-0.1, -0.05) is 60.1 Å². The molecule has 0 heterocycles. The first-order valence-electron chi connectivity index (χ1n) is 6.80. The molecule has 0 saturated heterocycles. The van der Waals surface area contributed by atoms with Crippen molar-refractivity contribution in [2.45, 2.75) is 18.5 Å². The fourth-order valence-electron chi connectivity index (χ4n) is 1.64. The molecule has 0 fully saturated rings. The second kappa shape index (κ2) is 8.06. The molecule has 23 heavy (non-hydrogen) atoms. The van der Waals surface area contributed by atoms with E-state index < -0.39 is 19.1 Å². The van der Waals surface area contributed by atoms with E-state index in [9.17, 15) is 9.69 Å². The average Bonchev–Trinajstić information content (AvgIpc) is 2.54. The third-order valence-corrected chi connectivity index (χ3v) is 4.07. The number of hydrogen-bond donors (Lipinski definition) is 0. The van der Waals surface area contributed by atoms with Gasteiger partial charge in [0.25, 0.3) is 5.00 Å². The molecular formula is C16H15ClNO4P. The van der Waals surface area contributed by atoms with Crippen molar-refractivity contribution in [3.05, 3.63) is 66.2 Å². The van der Waals surface area contributed by atoms with E-state index in [2.05, 4.69) is 4.74 Å². The van der Waals surface area contributed by atoms with Crippen molar-refractivity contribution >= 4 is 25.7 Å². The minimum absolute atomic E-state index is 0.0633. The lowest BCUT2D eigenvalue weighted by Gasteiger charge is -2.13. The van der Waals surface area contributed by atoms with Gasteiger partial charge in [-0.3, -0.25) is 4.52 Å². The summed E-state index contributed by atoms with van der Waals surface area (Å²) in [7, 11) is -2.50. The van der Waals surface area contributed by atoms with Crippen LogP contribution in [0.15, 0.2) is 65.4 Å². The Kier molecular flexibility index (Phi) is 6.11. The molecule has 5 nitrogen and oxygen atoms in total. The summed E-state index contributed by atoms with van der Waals surface area (Å²) in [5.41, 5.74) is 0.818. The average molecular weight is 352 g/mol. The molecule has 1 unspecified atom stereocenters. The third-order valence-electron chi connectivity index (χ3n) is 2.78. The lowest BCUT2D eigenvalue weighted by atomic mass is 10.2. The number of benzene rings is 2. The number of ether oxygens (including phenoxy) is 1. The van der Waals surface area contributed by atoms with Crippen LogP contribution in [0.2, 0.25) is 0 Å². The van der Waals surface area contributed by atoms with Crippen molar-refractivity contribution in [2.24, 2.45) is 4.74 Å². The summed E-state index contributed by atoms with van der Waals surface area (Å²) in [6.45, 7) is 1.37. The molecule has 120 valence electrons. The Morgan fingerprint density at radius 2 is 1.74 bits per heavy atom. The largest absolute Gasteiger partial charge is 0.575 e. The van der Waals surface area contributed by atoms with E-state index >= 15 is 0 Å².